The van der Waals surface area contributed by atoms with Crippen molar-refractivity contribution in [2.45, 2.75) is 6.04 Å². The number of rotatable bonds is 5. The summed E-state index contributed by atoms with van der Waals surface area (Å²) in [5, 5.41) is 16.5. The molecule has 0 spiro atoms. The maximum absolute atomic E-state index is 12.7. The molecule has 2 heterocycles. The minimum atomic E-state index is -1.10. The molecule has 29 heavy (non-hydrogen) atoms. The highest BCUT2D eigenvalue weighted by molar-refractivity contribution is 6.08. The van der Waals surface area contributed by atoms with Crippen LogP contribution >= 0.6 is 0 Å². The van der Waals surface area contributed by atoms with Crippen LogP contribution < -0.4 is 10.6 Å². The second kappa shape index (κ2) is 8.04. The number of aliphatic hydroxyl groups excluding tert-OH is 1. The number of benzene rings is 2. The summed E-state index contributed by atoms with van der Waals surface area (Å²) in [6.45, 7) is -0.532. The van der Waals surface area contributed by atoms with Gasteiger partial charge in [-0.25, -0.2) is 0 Å². The third-order valence-electron chi connectivity index (χ3n) is 4.57. The summed E-state index contributed by atoms with van der Waals surface area (Å²) in [7, 11) is 0. The van der Waals surface area contributed by atoms with E-state index >= 15 is 0 Å². The maximum Gasteiger partial charge on any atom is 0.252 e. The number of nitrogens with one attached hydrogen (secondary N) is 2. The lowest BCUT2D eigenvalue weighted by atomic mass is 10.1. The Morgan fingerprint density at radius 1 is 0.931 bits per heavy atom. The summed E-state index contributed by atoms with van der Waals surface area (Å²) in [5.41, 5.74) is 2.42. The SMILES string of the molecule is O=C(NC(CO)C(=O)Nc1ccc2ncccc2c1)c1ccnc2ccccc12. The standard InChI is InChI=1S/C22H18N4O3/c27-13-20(22(29)25-15-7-8-18-14(12-15)4-3-10-23-18)26-21(28)17-9-11-24-19-6-2-1-5-16(17)19/h1-12,20,27H,13H2,(H,25,29)(H,26,28). The number of pyridine rings is 2. The number of amides is 2. The molecule has 0 bridgehead atoms. The van der Waals surface area contributed by atoms with Crippen LogP contribution in [0.15, 0.2) is 73.1 Å². The van der Waals surface area contributed by atoms with Crippen molar-refractivity contribution in [3.8, 4) is 0 Å². The first-order valence-electron chi connectivity index (χ1n) is 9.07. The van der Waals surface area contributed by atoms with Crippen molar-refractivity contribution in [2.24, 2.45) is 0 Å². The largest absolute Gasteiger partial charge is 0.394 e. The molecule has 4 rings (SSSR count). The fraction of sp³-hybridized carbons (Fsp3) is 0.0909. The molecule has 2 amide bonds. The molecule has 0 saturated carbocycles. The first kappa shape index (κ1) is 18.5. The molecule has 2 aromatic carbocycles. The van der Waals surface area contributed by atoms with Gasteiger partial charge in [0.2, 0.25) is 5.91 Å². The molecule has 0 aliphatic carbocycles. The molecule has 3 N–H and O–H groups in total. The third-order valence-corrected chi connectivity index (χ3v) is 4.57. The number of aromatic nitrogens is 2. The number of aliphatic hydroxyl groups is 1. The van der Waals surface area contributed by atoms with E-state index in [9.17, 15) is 14.7 Å². The zero-order valence-electron chi connectivity index (χ0n) is 15.4. The minimum absolute atomic E-state index is 0.388. The van der Waals surface area contributed by atoms with Crippen molar-refractivity contribution in [3.63, 3.8) is 0 Å². The number of carbonyl (C=O) groups excluding carboxylic acids is 2. The first-order valence-corrected chi connectivity index (χ1v) is 9.07. The fourth-order valence-electron chi connectivity index (χ4n) is 3.11. The van der Waals surface area contributed by atoms with E-state index in [1.807, 2.05) is 24.3 Å². The summed E-state index contributed by atoms with van der Waals surface area (Å²) < 4.78 is 0. The smallest absolute Gasteiger partial charge is 0.252 e. The van der Waals surface area contributed by atoms with Crippen LogP contribution in [0, 0.1) is 0 Å². The van der Waals surface area contributed by atoms with Crippen molar-refractivity contribution in [2.75, 3.05) is 11.9 Å². The molecule has 1 atom stereocenters. The van der Waals surface area contributed by atoms with E-state index < -0.39 is 24.5 Å². The second-order valence-electron chi connectivity index (χ2n) is 6.48. The van der Waals surface area contributed by atoms with E-state index in [0.717, 1.165) is 10.9 Å². The van der Waals surface area contributed by atoms with Crippen LogP contribution in [0.2, 0.25) is 0 Å². The molecular formula is C22H18N4O3. The number of carbonyl (C=O) groups is 2. The zero-order valence-corrected chi connectivity index (χ0v) is 15.4. The van der Waals surface area contributed by atoms with Gasteiger partial charge in [-0.15, -0.1) is 0 Å². The minimum Gasteiger partial charge on any atom is -0.394 e. The normalized spacial score (nSPS) is 11.9. The Balaban J connectivity index is 1.51. The van der Waals surface area contributed by atoms with Gasteiger partial charge in [0.1, 0.15) is 6.04 Å². The first-order chi connectivity index (χ1) is 14.2. The summed E-state index contributed by atoms with van der Waals surface area (Å²) in [4.78, 5) is 33.8. The van der Waals surface area contributed by atoms with Crippen LogP contribution in [0.25, 0.3) is 21.8 Å². The van der Waals surface area contributed by atoms with Crippen molar-refractivity contribution in [1.82, 2.24) is 15.3 Å². The van der Waals surface area contributed by atoms with Gasteiger partial charge in [-0.05, 0) is 36.4 Å². The molecule has 0 radical (unpaired) electrons. The van der Waals surface area contributed by atoms with Crippen molar-refractivity contribution in [3.05, 3.63) is 78.6 Å². The Bertz CT molecular complexity index is 1200. The lowest BCUT2D eigenvalue weighted by molar-refractivity contribution is -0.118. The second-order valence-corrected chi connectivity index (χ2v) is 6.48. The molecule has 0 saturated heterocycles. The van der Waals surface area contributed by atoms with Gasteiger partial charge in [-0.1, -0.05) is 24.3 Å². The summed E-state index contributed by atoms with van der Waals surface area (Å²) >= 11 is 0. The number of anilines is 1. The Morgan fingerprint density at radius 2 is 1.76 bits per heavy atom. The molecular weight excluding hydrogens is 368 g/mol. The average molecular weight is 386 g/mol. The quantitative estimate of drug-likeness (QED) is 0.489. The molecule has 144 valence electrons. The number of nitrogens with zero attached hydrogens (tertiary/aromatic N) is 2. The van der Waals surface area contributed by atoms with Gasteiger partial charge >= 0.3 is 0 Å². The van der Waals surface area contributed by atoms with E-state index in [1.165, 1.54) is 6.20 Å². The van der Waals surface area contributed by atoms with E-state index in [4.69, 9.17) is 0 Å². The zero-order chi connectivity index (χ0) is 20.2. The maximum atomic E-state index is 12.7. The van der Waals surface area contributed by atoms with E-state index in [2.05, 4.69) is 20.6 Å². The number of fused-ring (bicyclic) bond motifs is 2. The van der Waals surface area contributed by atoms with Gasteiger partial charge < -0.3 is 15.7 Å². The van der Waals surface area contributed by atoms with Crippen LogP contribution in [0.5, 0.6) is 0 Å². The highest BCUT2D eigenvalue weighted by Gasteiger charge is 2.22. The van der Waals surface area contributed by atoms with Crippen molar-refractivity contribution < 1.29 is 14.7 Å². The lowest BCUT2D eigenvalue weighted by Crippen LogP contribution is -2.46. The predicted molar refractivity (Wildman–Crippen MR) is 110 cm³/mol. The number of hydrogen-bond donors (Lipinski definition) is 3. The Labute approximate surface area is 166 Å². The van der Waals surface area contributed by atoms with Gasteiger partial charge in [0, 0.05) is 28.9 Å². The van der Waals surface area contributed by atoms with Gasteiger partial charge in [0.15, 0.2) is 0 Å². The highest BCUT2D eigenvalue weighted by Crippen LogP contribution is 2.18. The van der Waals surface area contributed by atoms with Crippen LogP contribution in [0.4, 0.5) is 5.69 Å². The topological polar surface area (TPSA) is 104 Å². The predicted octanol–water partition coefficient (Wildman–Crippen LogP) is 2.51. The summed E-state index contributed by atoms with van der Waals surface area (Å²) in [6, 6.07) is 16.7. The fourth-order valence-corrected chi connectivity index (χ4v) is 3.11. The molecule has 2 aromatic heterocycles. The van der Waals surface area contributed by atoms with Crippen LogP contribution in [0.1, 0.15) is 10.4 Å². The van der Waals surface area contributed by atoms with Crippen LogP contribution in [-0.4, -0.2) is 39.5 Å². The van der Waals surface area contributed by atoms with Crippen LogP contribution in [-0.2, 0) is 4.79 Å². The summed E-state index contributed by atoms with van der Waals surface area (Å²) in [5.74, 6) is -0.969. The van der Waals surface area contributed by atoms with Crippen LogP contribution in [0.3, 0.4) is 0 Å². The van der Waals surface area contributed by atoms with Gasteiger partial charge in [-0.2, -0.15) is 0 Å². The van der Waals surface area contributed by atoms with Gasteiger partial charge in [0.25, 0.3) is 5.91 Å². The molecule has 4 aromatic rings. The number of para-hydroxylation sites is 1. The Morgan fingerprint density at radius 3 is 2.62 bits per heavy atom. The average Bonchev–Trinajstić information content (AvgIpc) is 2.76. The summed E-state index contributed by atoms with van der Waals surface area (Å²) in [6.07, 6.45) is 3.23. The van der Waals surface area contributed by atoms with Crippen molar-refractivity contribution >= 4 is 39.3 Å². The molecule has 7 nitrogen and oxygen atoms in total. The Kier molecular flexibility index (Phi) is 5.13. The van der Waals surface area contributed by atoms with Gasteiger partial charge in [-0.3, -0.25) is 19.6 Å². The highest BCUT2D eigenvalue weighted by atomic mass is 16.3. The third kappa shape index (κ3) is 3.90. The van der Waals surface area contributed by atoms with E-state index in [-0.39, 0.29) is 0 Å². The monoisotopic (exact) mass is 386 g/mol. The molecule has 7 heteroatoms. The number of hydrogen-bond acceptors (Lipinski definition) is 5. The Hall–Kier alpha value is -3.84. The van der Waals surface area contributed by atoms with E-state index in [1.54, 1.807) is 42.6 Å². The molecule has 0 fully saturated rings. The molecule has 0 aliphatic rings. The van der Waals surface area contributed by atoms with Crippen molar-refractivity contribution in [1.29, 1.82) is 0 Å². The van der Waals surface area contributed by atoms with E-state index in [0.29, 0.717) is 22.2 Å². The molecule has 1 unspecified atom stereocenters. The van der Waals surface area contributed by atoms with Gasteiger partial charge in [0.05, 0.1) is 23.2 Å². The molecule has 0 aliphatic heterocycles. The lowest BCUT2D eigenvalue weighted by Gasteiger charge is -2.17.